The van der Waals surface area contributed by atoms with Crippen molar-refractivity contribution < 1.29 is 9.47 Å². The van der Waals surface area contributed by atoms with Crippen LogP contribution in [0, 0.1) is 0 Å². The second-order valence-corrected chi connectivity index (χ2v) is 4.60. The summed E-state index contributed by atoms with van der Waals surface area (Å²) in [6.45, 7) is 5.20. The van der Waals surface area contributed by atoms with Gasteiger partial charge in [0.1, 0.15) is 5.75 Å². The van der Waals surface area contributed by atoms with Crippen molar-refractivity contribution in [2.75, 3.05) is 18.5 Å². The molecule has 6 nitrogen and oxygen atoms in total. The molecule has 1 heterocycles. The molecule has 2 rings (SSSR count). The van der Waals surface area contributed by atoms with Crippen molar-refractivity contribution in [2.45, 2.75) is 20.3 Å². The zero-order valence-corrected chi connectivity index (χ0v) is 12.7. The fraction of sp³-hybridized carbons (Fsp3) is 0.357. The van der Waals surface area contributed by atoms with Crippen LogP contribution in [0.1, 0.15) is 20.3 Å². The third-order valence-electron chi connectivity index (χ3n) is 2.39. The van der Waals surface area contributed by atoms with Gasteiger partial charge in [0, 0.05) is 11.6 Å². The molecule has 0 spiro atoms. The lowest BCUT2D eigenvalue weighted by molar-refractivity contribution is 0.285. The lowest BCUT2D eigenvalue weighted by Gasteiger charge is -2.09. The lowest BCUT2D eigenvalue weighted by Crippen LogP contribution is -2.08. The molecule has 0 radical (unpaired) electrons. The van der Waals surface area contributed by atoms with Crippen LogP contribution in [0.5, 0.6) is 17.8 Å². The maximum Gasteiger partial charge on any atom is 0.330 e. The minimum Gasteiger partial charge on any atom is -0.463 e. The summed E-state index contributed by atoms with van der Waals surface area (Å²) in [6.07, 6.45) is 0.871. The van der Waals surface area contributed by atoms with E-state index in [1.807, 2.05) is 13.8 Å². The minimum atomic E-state index is 0.175. The van der Waals surface area contributed by atoms with Crippen molar-refractivity contribution in [3.05, 3.63) is 29.3 Å². The van der Waals surface area contributed by atoms with E-state index in [4.69, 9.17) is 21.1 Å². The zero-order chi connectivity index (χ0) is 15.1. The summed E-state index contributed by atoms with van der Waals surface area (Å²) in [6, 6.07) is 7.37. The van der Waals surface area contributed by atoms with E-state index in [0.717, 1.165) is 6.42 Å². The number of nitrogens with one attached hydrogen (secondary N) is 1. The molecule has 0 unspecified atom stereocenters. The van der Waals surface area contributed by atoms with Crippen molar-refractivity contribution in [3.63, 3.8) is 0 Å². The van der Waals surface area contributed by atoms with Gasteiger partial charge in [-0.1, -0.05) is 18.5 Å². The summed E-state index contributed by atoms with van der Waals surface area (Å²) in [4.78, 5) is 12.5. The van der Waals surface area contributed by atoms with Crippen LogP contribution in [0.2, 0.25) is 5.02 Å². The number of rotatable bonds is 7. The summed E-state index contributed by atoms with van der Waals surface area (Å²) in [5.41, 5.74) is 0. The Hall–Kier alpha value is -2.08. The fourth-order valence-electron chi connectivity index (χ4n) is 1.49. The van der Waals surface area contributed by atoms with E-state index in [-0.39, 0.29) is 12.0 Å². The Balaban J connectivity index is 2.19. The first-order valence-electron chi connectivity index (χ1n) is 6.77. The minimum absolute atomic E-state index is 0.175. The molecule has 1 aromatic carbocycles. The smallest absolute Gasteiger partial charge is 0.330 e. The zero-order valence-electron chi connectivity index (χ0n) is 12.0. The highest BCUT2D eigenvalue weighted by Crippen LogP contribution is 2.22. The van der Waals surface area contributed by atoms with Crippen LogP contribution < -0.4 is 14.8 Å². The van der Waals surface area contributed by atoms with E-state index in [1.165, 1.54) is 0 Å². The van der Waals surface area contributed by atoms with E-state index in [1.54, 1.807) is 24.3 Å². The summed E-state index contributed by atoms with van der Waals surface area (Å²) >= 11 is 5.84. The Morgan fingerprint density at radius 1 is 1.05 bits per heavy atom. The third kappa shape index (κ3) is 4.75. The van der Waals surface area contributed by atoms with Gasteiger partial charge < -0.3 is 14.8 Å². The molecule has 0 aliphatic heterocycles. The number of halogens is 1. The standard InChI is InChI=1S/C14H17ClN4O2/c1-3-9-20-13-17-12(16-4-2)18-14(19-13)21-11-7-5-10(15)6-8-11/h5-8H,3-4,9H2,1-2H3,(H,16,17,18,19). The molecular weight excluding hydrogens is 292 g/mol. The number of hydrogen-bond donors (Lipinski definition) is 1. The molecule has 21 heavy (non-hydrogen) atoms. The third-order valence-corrected chi connectivity index (χ3v) is 2.64. The number of aromatic nitrogens is 3. The number of benzene rings is 1. The fourth-order valence-corrected chi connectivity index (χ4v) is 1.61. The molecule has 2 aromatic rings. The number of nitrogens with zero attached hydrogens (tertiary/aromatic N) is 3. The molecule has 0 atom stereocenters. The monoisotopic (exact) mass is 308 g/mol. The molecule has 0 fully saturated rings. The van der Waals surface area contributed by atoms with E-state index in [2.05, 4.69) is 20.3 Å². The maximum atomic E-state index is 5.84. The molecule has 1 N–H and O–H groups in total. The summed E-state index contributed by atoms with van der Waals surface area (Å²) in [5, 5.41) is 3.65. The molecule has 112 valence electrons. The lowest BCUT2D eigenvalue weighted by atomic mass is 10.3. The Bertz CT molecular complexity index is 578. The first-order chi connectivity index (χ1) is 10.2. The van der Waals surface area contributed by atoms with E-state index >= 15 is 0 Å². The highest BCUT2D eigenvalue weighted by molar-refractivity contribution is 6.30. The van der Waals surface area contributed by atoms with E-state index < -0.39 is 0 Å². The largest absolute Gasteiger partial charge is 0.463 e. The number of ether oxygens (including phenoxy) is 2. The highest BCUT2D eigenvalue weighted by Gasteiger charge is 2.09. The van der Waals surface area contributed by atoms with Crippen LogP contribution in [-0.4, -0.2) is 28.1 Å². The number of hydrogen-bond acceptors (Lipinski definition) is 6. The van der Waals surface area contributed by atoms with Crippen molar-refractivity contribution in [3.8, 4) is 17.8 Å². The van der Waals surface area contributed by atoms with Gasteiger partial charge in [-0.2, -0.15) is 9.97 Å². The van der Waals surface area contributed by atoms with Crippen LogP contribution in [0.25, 0.3) is 0 Å². The molecule has 0 saturated heterocycles. The van der Waals surface area contributed by atoms with Crippen LogP contribution in [0.3, 0.4) is 0 Å². The van der Waals surface area contributed by atoms with Gasteiger partial charge in [-0.25, -0.2) is 0 Å². The van der Waals surface area contributed by atoms with E-state index in [9.17, 15) is 0 Å². The Labute approximate surface area is 128 Å². The molecule has 0 aliphatic rings. The van der Waals surface area contributed by atoms with Crippen molar-refractivity contribution in [1.82, 2.24) is 15.0 Å². The van der Waals surface area contributed by atoms with Gasteiger partial charge in [0.25, 0.3) is 0 Å². The molecule has 0 bridgehead atoms. The molecule has 7 heteroatoms. The predicted octanol–water partition coefficient (Wildman–Crippen LogP) is 3.54. The molecular formula is C14H17ClN4O2. The Morgan fingerprint density at radius 3 is 2.43 bits per heavy atom. The average molecular weight is 309 g/mol. The highest BCUT2D eigenvalue weighted by atomic mass is 35.5. The van der Waals surface area contributed by atoms with Gasteiger partial charge in [0.2, 0.25) is 5.95 Å². The van der Waals surface area contributed by atoms with E-state index in [0.29, 0.717) is 29.9 Å². The summed E-state index contributed by atoms with van der Waals surface area (Å²) in [7, 11) is 0. The average Bonchev–Trinajstić information content (AvgIpc) is 2.48. The van der Waals surface area contributed by atoms with Gasteiger partial charge in [-0.3, -0.25) is 0 Å². The Morgan fingerprint density at radius 2 is 1.76 bits per heavy atom. The summed E-state index contributed by atoms with van der Waals surface area (Å²) < 4.78 is 11.0. The Kier molecular flexibility index (Phi) is 5.57. The van der Waals surface area contributed by atoms with Crippen LogP contribution in [0.15, 0.2) is 24.3 Å². The second-order valence-electron chi connectivity index (χ2n) is 4.16. The van der Waals surface area contributed by atoms with Crippen molar-refractivity contribution >= 4 is 17.5 Å². The molecule has 0 amide bonds. The second kappa shape index (κ2) is 7.64. The molecule has 0 saturated carbocycles. The maximum absolute atomic E-state index is 5.84. The van der Waals surface area contributed by atoms with Gasteiger partial charge >= 0.3 is 12.0 Å². The first-order valence-corrected chi connectivity index (χ1v) is 7.15. The SMILES string of the molecule is CCCOc1nc(NCC)nc(Oc2ccc(Cl)cc2)n1. The van der Waals surface area contributed by atoms with Gasteiger partial charge in [-0.15, -0.1) is 4.98 Å². The first kappa shape index (κ1) is 15.3. The van der Waals surface area contributed by atoms with Crippen molar-refractivity contribution in [1.29, 1.82) is 0 Å². The molecule has 1 aromatic heterocycles. The number of anilines is 1. The van der Waals surface area contributed by atoms with Crippen LogP contribution in [0.4, 0.5) is 5.95 Å². The van der Waals surface area contributed by atoms with Gasteiger partial charge in [0.15, 0.2) is 0 Å². The molecule has 0 aliphatic carbocycles. The normalized spacial score (nSPS) is 10.2. The van der Waals surface area contributed by atoms with Gasteiger partial charge in [0.05, 0.1) is 6.61 Å². The topological polar surface area (TPSA) is 69.2 Å². The van der Waals surface area contributed by atoms with Crippen molar-refractivity contribution in [2.24, 2.45) is 0 Å². The van der Waals surface area contributed by atoms with Gasteiger partial charge in [-0.05, 0) is 37.6 Å². The van der Waals surface area contributed by atoms with Crippen LogP contribution in [-0.2, 0) is 0 Å². The quantitative estimate of drug-likeness (QED) is 0.843. The van der Waals surface area contributed by atoms with Crippen LogP contribution >= 0.6 is 11.6 Å². The predicted molar refractivity (Wildman–Crippen MR) is 81.3 cm³/mol. The summed E-state index contributed by atoms with van der Waals surface area (Å²) in [5.74, 6) is 1.01.